The van der Waals surface area contributed by atoms with E-state index in [0.29, 0.717) is 19.0 Å². The zero-order valence-corrected chi connectivity index (χ0v) is 12.0. The molecule has 2 aliphatic carbocycles. The Kier molecular flexibility index (Phi) is 4.02. The summed E-state index contributed by atoms with van der Waals surface area (Å²) in [5, 5.41) is 5.51. The van der Waals surface area contributed by atoms with Crippen molar-refractivity contribution in [2.45, 2.75) is 45.6 Å². The maximum absolute atomic E-state index is 11.8. The number of hydrogen-bond acceptors (Lipinski definition) is 3. The van der Waals surface area contributed by atoms with E-state index in [1.165, 1.54) is 12.8 Å². The van der Waals surface area contributed by atoms with Crippen molar-refractivity contribution in [3.05, 3.63) is 0 Å². The highest BCUT2D eigenvalue weighted by atomic mass is 16.6. The third kappa shape index (κ3) is 3.61. The van der Waals surface area contributed by atoms with Crippen LogP contribution in [0.25, 0.3) is 0 Å². The first-order valence-corrected chi connectivity index (χ1v) is 7.11. The van der Waals surface area contributed by atoms with Crippen molar-refractivity contribution in [3.63, 3.8) is 0 Å². The lowest BCUT2D eigenvalue weighted by Gasteiger charge is -2.52. The highest BCUT2D eigenvalue weighted by Gasteiger charge is 2.50. The molecular formula is C14H24N2O3. The minimum absolute atomic E-state index is 0.145. The van der Waals surface area contributed by atoms with Gasteiger partial charge in [-0.05, 0) is 51.9 Å². The average molecular weight is 268 g/mol. The molecule has 0 saturated heterocycles. The van der Waals surface area contributed by atoms with Crippen molar-refractivity contribution in [3.8, 4) is 0 Å². The fraction of sp³-hybridized carbons (Fsp3) is 0.857. The van der Waals surface area contributed by atoms with Gasteiger partial charge in [-0.2, -0.15) is 0 Å². The Morgan fingerprint density at radius 2 is 1.84 bits per heavy atom. The lowest BCUT2D eigenvalue weighted by Crippen LogP contribution is -2.52. The summed E-state index contributed by atoms with van der Waals surface area (Å²) in [5.41, 5.74) is -0.488. The van der Waals surface area contributed by atoms with Gasteiger partial charge in [0.1, 0.15) is 5.60 Å². The number of carbonyl (C=O) groups is 2. The predicted octanol–water partition coefficient (Wildman–Crippen LogP) is 1.67. The van der Waals surface area contributed by atoms with Gasteiger partial charge in [0.2, 0.25) is 5.91 Å². The van der Waals surface area contributed by atoms with Crippen LogP contribution < -0.4 is 10.6 Å². The quantitative estimate of drug-likeness (QED) is 0.762. The van der Waals surface area contributed by atoms with E-state index in [2.05, 4.69) is 10.6 Å². The van der Waals surface area contributed by atoms with Crippen LogP contribution in [0.2, 0.25) is 0 Å². The van der Waals surface area contributed by atoms with Crippen LogP contribution in [0.5, 0.6) is 0 Å². The fourth-order valence-corrected chi connectivity index (χ4v) is 2.82. The van der Waals surface area contributed by atoms with E-state index >= 15 is 0 Å². The molecular weight excluding hydrogens is 244 g/mol. The summed E-state index contributed by atoms with van der Waals surface area (Å²) in [6.45, 7) is 6.33. The molecule has 108 valence electrons. The molecule has 5 heteroatoms. The Bertz CT molecular complexity index is 362. The van der Waals surface area contributed by atoms with Crippen LogP contribution in [-0.4, -0.2) is 30.7 Å². The van der Waals surface area contributed by atoms with E-state index in [-0.39, 0.29) is 11.8 Å². The van der Waals surface area contributed by atoms with Crippen LogP contribution in [0.4, 0.5) is 4.79 Å². The lowest BCUT2D eigenvalue weighted by atomic mass is 9.53. The lowest BCUT2D eigenvalue weighted by molar-refractivity contribution is -0.139. The Morgan fingerprint density at radius 1 is 1.16 bits per heavy atom. The molecule has 2 amide bonds. The van der Waals surface area contributed by atoms with E-state index in [0.717, 1.165) is 12.3 Å². The molecule has 19 heavy (non-hydrogen) atoms. The minimum Gasteiger partial charge on any atom is -0.444 e. The summed E-state index contributed by atoms with van der Waals surface area (Å²) >= 11 is 0. The zero-order chi connectivity index (χ0) is 14.0. The predicted molar refractivity (Wildman–Crippen MR) is 71.6 cm³/mol. The maximum Gasteiger partial charge on any atom is 0.407 e. The topological polar surface area (TPSA) is 67.4 Å². The summed E-state index contributed by atoms with van der Waals surface area (Å²) in [4.78, 5) is 23.2. The second-order valence-corrected chi connectivity index (χ2v) is 6.56. The van der Waals surface area contributed by atoms with Crippen LogP contribution in [0.15, 0.2) is 0 Å². The fourth-order valence-electron chi connectivity index (χ4n) is 2.82. The first-order valence-electron chi connectivity index (χ1n) is 7.11. The Balaban J connectivity index is 1.54. The number of amides is 2. The summed E-state index contributed by atoms with van der Waals surface area (Å²) < 4.78 is 5.10. The van der Waals surface area contributed by atoms with Crippen molar-refractivity contribution >= 4 is 12.0 Å². The van der Waals surface area contributed by atoms with Crippen molar-refractivity contribution < 1.29 is 14.3 Å². The first kappa shape index (κ1) is 14.2. The second kappa shape index (κ2) is 5.39. The molecule has 0 aromatic rings. The monoisotopic (exact) mass is 268 g/mol. The van der Waals surface area contributed by atoms with Crippen molar-refractivity contribution in [1.82, 2.24) is 10.6 Å². The molecule has 2 saturated carbocycles. The minimum atomic E-state index is -0.488. The van der Waals surface area contributed by atoms with Crippen LogP contribution in [0.3, 0.4) is 0 Å². The number of nitrogens with one attached hydrogen (secondary N) is 2. The third-order valence-corrected chi connectivity index (χ3v) is 3.98. The van der Waals surface area contributed by atoms with Crippen molar-refractivity contribution in [2.75, 3.05) is 13.1 Å². The number of carbonyl (C=O) groups excluding carboxylic acids is 2. The Labute approximate surface area is 114 Å². The molecule has 2 N–H and O–H groups in total. The van der Waals surface area contributed by atoms with Crippen molar-refractivity contribution in [2.24, 2.45) is 17.8 Å². The Morgan fingerprint density at radius 3 is 2.32 bits per heavy atom. The molecule has 2 aliphatic rings. The van der Waals surface area contributed by atoms with Crippen LogP contribution >= 0.6 is 0 Å². The molecule has 3 unspecified atom stereocenters. The number of rotatable bonds is 4. The highest BCUT2D eigenvalue weighted by molar-refractivity contribution is 5.80. The molecule has 2 rings (SSSR count). The van der Waals surface area contributed by atoms with Crippen LogP contribution in [0, 0.1) is 17.8 Å². The van der Waals surface area contributed by atoms with Gasteiger partial charge >= 0.3 is 6.09 Å². The number of ether oxygens (including phenoxy) is 1. The van der Waals surface area contributed by atoms with Gasteiger partial charge in [-0.3, -0.25) is 4.79 Å². The number of fused-ring (bicyclic) bond motifs is 1. The van der Waals surface area contributed by atoms with E-state index in [9.17, 15) is 9.59 Å². The normalized spacial score (nSPS) is 28.5. The van der Waals surface area contributed by atoms with Crippen molar-refractivity contribution in [1.29, 1.82) is 0 Å². The van der Waals surface area contributed by atoms with Gasteiger partial charge in [0, 0.05) is 19.0 Å². The van der Waals surface area contributed by atoms with E-state index in [4.69, 9.17) is 4.74 Å². The molecule has 0 radical (unpaired) electrons. The summed E-state index contributed by atoms with van der Waals surface area (Å²) in [6, 6.07) is 0. The van der Waals surface area contributed by atoms with Gasteiger partial charge in [0.15, 0.2) is 0 Å². The molecule has 5 nitrogen and oxygen atoms in total. The van der Waals surface area contributed by atoms with Crippen LogP contribution in [0.1, 0.15) is 40.0 Å². The largest absolute Gasteiger partial charge is 0.444 e. The molecule has 0 bridgehead atoms. The van der Waals surface area contributed by atoms with E-state index in [1.807, 2.05) is 20.8 Å². The zero-order valence-electron chi connectivity index (χ0n) is 12.0. The summed E-state index contributed by atoms with van der Waals surface area (Å²) in [6.07, 6.45) is 3.12. The number of hydrogen-bond donors (Lipinski definition) is 2. The van der Waals surface area contributed by atoms with Crippen LogP contribution in [-0.2, 0) is 9.53 Å². The van der Waals surface area contributed by atoms with Gasteiger partial charge in [-0.1, -0.05) is 0 Å². The van der Waals surface area contributed by atoms with E-state index in [1.54, 1.807) is 0 Å². The smallest absolute Gasteiger partial charge is 0.407 e. The standard InChI is InChI=1S/C14H24N2O3/c1-14(2,3)19-13(18)16-7-6-15-12(17)11-8-9-4-5-10(9)11/h9-11H,4-8H2,1-3H3,(H,15,17)(H,16,18). The van der Waals surface area contributed by atoms with Gasteiger partial charge in [0.25, 0.3) is 0 Å². The molecule has 0 aliphatic heterocycles. The average Bonchev–Trinajstić information content (AvgIpc) is 2.25. The molecule has 2 fully saturated rings. The maximum atomic E-state index is 11.8. The first-order chi connectivity index (χ1) is 8.87. The summed E-state index contributed by atoms with van der Waals surface area (Å²) in [7, 11) is 0. The molecule has 3 atom stereocenters. The van der Waals surface area contributed by atoms with Gasteiger partial charge in [-0.25, -0.2) is 4.79 Å². The third-order valence-electron chi connectivity index (χ3n) is 3.98. The number of alkyl carbamates (subject to hydrolysis) is 1. The molecule has 0 spiro atoms. The van der Waals surface area contributed by atoms with E-state index < -0.39 is 11.7 Å². The van der Waals surface area contributed by atoms with Gasteiger partial charge < -0.3 is 15.4 Å². The second-order valence-electron chi connectivity index (χ2n) is 6.56. The Hall–Kier alpha value is -1.26. The summed E-state index contributed by atoms with van der Waals surface area (Å²) in [5.74, 6) is 1.82. The molecule has 0 aromatic heterocycles. The van der Waals surface area contributed by atoms with Gasteiger partial charge in [-0.15, -0.1) is 0 Å². The highest BCUT2D eigenvalue weighted by Crippen LogP contribution is 2.54. The van der Waals surface area contributed by atoms with Gasteiger partial charge in [0.05, 0.1) is 0 Å². The molecule has 0 heterocycles. The molecule has 0 aromatic carbocycles. The SMILES string of the molecule is CC(C)(C)OC(=O)NCCNC(=O)C1CC2CCC21.